The van der Waals surface area contributed by atoms with E-state index in [9.17, 15) is 0 Å². The highest BCUT2D eigenvalue weighted by Gasteiger charge is 2.16. The summed E-state index contributed by atoms with van der Waals surface area (Å²) in [7, 11) is 0. The van der Waals surface area contributed by atoms with Gasteiger partial charge in [-0.3, -0.25) is 0 Å². The standard InChI is InChI=1S/C38H83N5/c1-32(2)25-39(17-15-18-41(27-34(5)6)23-24-43(30-37(11)12)31-38(13)14)21-22-40(26-33(3)4)19-16-20-42(28-35(7)8)29-36(9)10/h32-38H,15-31H2,1-14H3. The Bertz CT molecular complexity index is 595. The van der Waals surface area contributed by atoms with Crippen LogP contribution in [0.3, 0.4) is 0 Å². The van der Waals surface area contributed by atoms with E-state index in [1.165, 1.54) is 111 Å². The number of hydrogen-bond donors (Lipinski definition) is 0. The first-order valence-corrected chi connectivity index (χ1v) is 18.7. The Morgan fingerprint density at radius 2 is 0.395 bits per heavy atom. The van der Waals surface area contributed by atoms with Crippen LogP contribution in [0, 0.1) is 41.4 Å². The fraction of sp³-hybridized carbons (Fsp3) is 1.00. The van der Waals surface area contributed by atoms with Gasteiger partial charge in [-0.05, 0) is 80.4 Å². The third-order valence-electron chi connectivity index (χ3n) is 7.73. The molecule has 5 heteroatoms. The van der Waals surface area contributed by atoms with Crippen molar-refractivity contribution in [2.75, 3.05) is 98.2 Å². The van der Waals surface area contributed by atoms with Crippen LogP contribution in [0.4, 0.5) is 0 Å². The Labute approximate surface area is 273 Å². The molecule has 0 aliphatic carbocycles. The van der Waals surface area contributed by atoms with Gasteiger partial charge in [0.1, 0.15) is 0 Å². The number of hydrogen-bond acceptors (Lipinski definition) is 5. The highest BCUT2D eigenvalue weighted by Crippen LogP contribution is 2.10. The fourth-order valence-corrected chi connectivity index (χ4v) is 6.61. The van der Waals surface area contributed by atoms with Crippen molar-refractivity contribution in [1.29, 1.82) is 0 Å². The molecule has 0 N–H and O–H groups in total. The maximum Gasteiger partial charge on any atom is 0.0110 e. The van der Waals surface area contributed by atoms with Crippen LogP contribution >= 0.6 is 0 Å². The van der Waals surface area contributed by atoms with Gasteiger partial charge in [-0.1, -0.05) is 96.9 Å². The molecule has 0 aromatic heterocycles. The molecule has 260 valence electrons. The number of rotatable bonds is 28. The van der Waals surface area contributed by atoms with Crippen LogP contribution in [-0.4, -0.2) is 123 Å². The largest absolute Gasteiger partial charge is 0.303 e. The van der Waals surface area contributed by atoms with Crippen molar-refractivity contribution >= 4 is 0 Å². The molecule has 0 spiro atoms. The first kappa shape index (κ1) is 42.8. The highest BCUT2D eigenvalue weighted by atomic mass is 15.2. The van der Waals surface area contributed by atoms with Crippen LogP contribution in [0.15, 0.2) is 0 Å². The zero-order valence-corrected chi connectivity index (χ0v) is 32.3. The van der Waals surface area contributed by atoms with Crippen LogP contribution in [0.25, 0.3) is 0 Å². The maximum atomic E-state index is 2.78. The molecular weight excluding hydrogens is 526 g/mol. The van der Waals surface area contributed by atoms with E-state index < -0.39 is 0 Å². The van der Waals surface area contributed by atoms with E-state index in [4.69, 9.17) is 0 Å². The summed E-state index contributed by atoms with van der Waals surface area (Å²) >= 11 is 0. The van der Waals surface area contributed by atoms with Gasteiger partial charge in [0.2, 0.25) is 0 Å². The van der Waals surface area contributed by atoms with E-state index >= 15 is 0 Å². The summed E-state index contributed by atoms with van der Waals surface area (Å²) in [5.41, 5.74) is 0. The average Bonchev–Trinajstić information content (AvgIpc) is 2.82. The molecule has 0 aliphatic rings. The molecule has 0 saturated heterocycles. The minimum Gasteiger partial charge on any atom is -0.303 e. The summed E-state index contributed by atoms with van der Waals surface area (Å²) in [6.07, 6.45) is 2.56. The van der Waals surface area contributed by atoms with Crippen LogP contribution < -0.4 is 0 Å². The van der Waals surface area contributed by atoms with Gasteiger partial charge in [-0.25, -0.2) is 0 Å². The lowest BCUT2D eigenvalue weighted by Gasteiger charge is -2.32. The second-order valence-electron chi connectivity index (χ2n) is 16.9. The van der Waals surface area contributed by atoms with Gasteiger partial charge in [0.25, 0.3) is 0 Å². The monoisotopic (exact) mass is 610 g/mol. The van der Waals surface area contributed by atoms with Crippen molar-refractivity contribution in [3.05, 3.63) is 0 Å². The Hall–Kier alpha value is -0.200. The molecule has 0 aromatic carbocycles. The van der Waals surface area contributed by atoms with E-state index in [0.29, 0.717) is 5.92 Å². The SMILES string of the molecule is CC(C)CN(CCCN(CCN(CC(C)C)CC(C)C)CC(C)C)CCN(CCCN(CC(C)C)CC(C)C)CC(C)C. The van der Waals surface area contributed by atoms with Crippen LogP contribution in [0.2, 0.25) is 0 Å². The van der Waals surface area contributed by atoms with Crippen molar-refractivity contribution in [3.63, 3.8) is 0 Å². The molecule has 0 atom stereocenters. The van der Waals surface area contributed by atoms with E-state index in [0.717, 1.165) is 35.5 Å². The number of nitrogens with zero attached hydrogens (tertiary/aromatic N) is 5. The molecule has 5 nitrogen and oxygen atoms in total. The fourth-order valence-electron chi connectivity index (χ4n) is 6.61. The molecule has 0 radical (unpaired) electrons. The lowest BCUT2D eigenvalue weighted by Crippen LogP contribution is -2.42. The third-order valence-corrected chi connectivity index (χ3v) is 7.73. The molecule has 0 fully saturated rings. The van der Waals surface area contributed by atoms with Gasteiger partial charge in [-0.2, -0.15) is 0 Å². The van der Waals surface area contributed by atoms with Gasteiger partial charge in [0.05, 0.1) is 0 Å². The van der Waals surface area contributed by atoms with Crippen molar-refractivity contribution in [2.24, 2.45) is 41.4 Å². The predicted octanol–water partition coefficient (Wildman–Crippen LogP) is 7.87. The Balaban J connectivity index is 5.08. The Morgan fingerprint density at radius 3 is 0.628 bits per heavy atom. The Kier molecular flexibility index (Phi) is 24.8. The summed E-state index contributed by atoms with van der Waals surface area (Å²) in [5.74, 6) is 5.10. The minimum atomic E-state index is 0.714. The topological polar surface area (TPSA) is 16.2 Å². The lowest BCUT2D eigenvalue weighted by atomic mass is 10.1. The normalized spacial score (nSPS) is 13.3. The smallest absolute Gasteiger partial charge is 0.0110 e. The Morgan fingerprint density at radius 1 is 0.233 bits per heavy atom. The summed E-state index contributed by atoms with van der Waals surface area (Å²) < 4.78 is 0. The molecule has 0 amide bonds. The van der Waals surface area contributed by atoms with E-state index in [1.807, 2.05) is 0 Å². The summed E-state index contributed by atoms with van der Waals surface area (Å²) in [6.45, 7) is 51.4. The molecule has 0 aromatic rings. The van der Waals surface area contributed by atoms with Gasteiger partial charge in [0.15, 0.2) is 0 Å². The van der Waals surface area contributed by atoms with Crippen LogP contribution in [0.5, 0.6) is 0 Å². The second kappa shape index (κ2) is 25.0. The van der Waals surface area contributed by atoms with Crippen LogP contribution in [-0.2, 0) is 0 Å². The van der Waals surface area contributed by atoms with Gasteiger partial charge in [0, 0.05) is 72.0 Å². The van der Waals surface area contributed by atoms with Crippen molar-refractivity contribution in [3.8, 4) is 0 Å². The van der Waals surface area contributed by atoms with Crippen molar-refractivity contribution in [2.45, 2.75) is 110 Å². The summed E-state index contributed by atoms with van der Waals surface area (Å²) in [5, 5.41) is 0. The first-order valence-electron chi connectivity index (χ1n) is 18.7. The van der Waals surface area contributed by atoms with Crippen molar-refractivity contribution in [1.82, 2.24) is 24.5 Å². The summed E-state index contributed by atoms with van der Waals surface area (Å²) in [6, 6.07) is 0. The molecule has 0 heterocycles. The molecule has 43 heavy (non-hydrogen) atoms. The third kappa shape index (κ3) is 26.7. The average molecular weight is 610 g/mol. The molecule has 0 saturated carbocycles. The molecular formula is C38H83N5. The van der Waals surface area contributed by atoms with Crippen LogP contribution in [0.1, 0.15) is 110 Å². The van der Waals surface area contributed by atoms with Crippen molar-refractivity contribution < 1.29 is 0 Å². The molecule has 0 bridgehead atoms. The maximum absolute atomic E-state index is 2.78. The molecule has 0 unspecified atom stereocenters. The second-order valence-corrected chi connectivity index (χ2v) is 16.9. The first-order chi connectivity index (χ1) is 20.1. The van der Waals surface area contributed by atoms with Gasteiger partial charge < -0.3 is 24.5 Å². The van der Waals surface area contributed by atoms with E-state index in [1.54, 1.807) is 0 Å². The van der Waals surface area contributed by atoms with Gasteiger partial charge in [-0.15, -0.1) is 0 Å². The zero-order chi connectivity index (χ0) is 32.9. The van der Waals surface area contributed by atoms with E-state index in [2.05, 4.69) is 121 Å². The molecule has 0 rings (SSSR count). The summed E-state index contributed by atoms with van der Waals surface area (Å²) in [4.78, 5) is 13.7. The minimum absolute atomic E-state index is 0.714. The lowest BCUT2D eigenvalue weighted by molar-refractivity contribution is 0.147. The predicted molar refractivity (Wildman–Crippen MR) is 195 cm³/mol. The molecule has 0 aliphatic heterocycles. The highest BCUT2D eigenvalue weighted by molar-refractivity contribution is 4.72. The van der Waals surface area contributed by atoms with Gasteiger partial charge >= 0.3 is 0 Å². The zero-order valence-electron chi connectivity index (χ0n) is 32.3. The quantitative estimate of drug-likeness (QED) is 0.0895. The van der Waals surface area contributed by atoms with E-state index in [-0.39, 0.29) is 0 Å².